The van der Waals surface area contributed by atoms with E-state index in [1.54, 1.807) is 24.3 Å². The predicted octanol–water partition coefficient (Wildman–Crippen LogP) is 1.95. The smallest absolute Gasteiger partial charge is 0.234 e. The van der Waals surface area contributed by atoms with E-state index in [1.807, 2.05) is 6.07 Å². The summed E-state index contributed by atoms with van der Waals surface area (Å²) in [6.07, 6.45) is 0.421. The van der Waals surface area contributed by atoms with Gasteiger partial charge in [-0.25, -0.2) is 8.42 Å². The maximum atomic E-state index is 11.8. The highest BCUT2D eigenvalue weighted by molar-refractivity contribution is 7.92. The van der Waals surface area contributed by atoms with Crippen LogP contribution in [0.4, 0.5) is 5.69 Å². The van der Waals surface area contributed by atoms with Gasteiger partial charge in [0.25, 0.3) is 0 Å². The van der Waals surface area contributed by atoms with Gasteiger partial charge in [0.1, 0.15) is 0 Å². The summed E-state index contributed by atoms with van der Waals surface area (Å²) >= 11 is 5.48. The molecular formula is C11H13ClN2O2S. The Kier molecular flexibility index (Phi) is 4.79. The van der Waals surface area contributed by atoms with Crippen molar-refractivity contribution in [3.63, 3.8) is 0 Å². The molecule has 0 saturated heterocycles. The standard InChI is InChI=1S/C11H13ClN2O2S/c1-14(17(15,16)8-2-7-12)11-5-3-10(9-13)4-6-11/h3-6H,2,7-8H2,1H3. The van der Waals surface area contributed by atoms with Gasteiger partial charge in [-0.2, -0.15) is 5.26 Å². The number of sulfonamides is 1. The maximum absolute atomic E-state index is 11.8. The zero-order chi connectivity index (χ0) is 12.9. The maximum Gasteiger partial charge on any atom is 0.234 e. The SMILES string of the molecule is CN(c1ccc(C#N)cc1)S(=O)(=O)CCCCl. The number of hydrogen-bond acceptors (Lipinski definition) is 3. The highest BCUT2D eigenvalue weighted by Gasteiger charge is 2.17. The molecule has 17 heavy (non-hydrogen) atoms. The molecular weight excluding hydrogens is 260 g/mol. The fourth-order valence-electron chi connectivity index (χ4n) is 1.28. The number of nitriles is 1. The molecule has 0 atom stereocenters. The summed E-state index contributed by atoms with van der Waals surface area (Å²) in [7, 11) is -1.84. The quantitative estimate of drug-likeness (QED) is 0.770. The number of anilines is 1. The Hall–Kier alpha value is -1.25. The number of rotatable bonds is 5. The predicted molar refractivity (Wildman–Crippen MR) is 68.7 cm³/mol. The van der Waals surface area contributed by atoms with E-state index in [0.717, 1.165) is 0 Å². The van der Waals surface area contributed by atoms with Crippen molar-refractivity contribution < 1.29 is 8.42 Å². The highest BCUT2D eigenvalue weighted by Crippen LogP contribution is 2.17. The molecule has 0 radical (unpaired) electrons. The molecule has 0 aliphatic carbocycles. The van der Waals surface area contributed by atoms with Crippen molar-refractivity contribution in [3.05, 3.63) is 29.8 Å². The molecule has 1 aromatic rings. The summed E-state index contributed by atoms with van der Waals surface area (Å²) < 4.78 is 24.9. The monoisotopic (exact) mass is 272 g/mol. The van der Waals surface area contributed by atoms with E-state index in [0.29, 0.717) is 23.6 Å². The van der Waals surface area contributed by atoms with E-state index in [9.17, 15) is 8.42 Å². The van der Waals surface area contributed by atoms with Gasteiger partial charge in [-0.3, -0.25) is 4.31 Å². The normalized spacial score (nSPS) is 10.9. The van der Waals surface area contributed by atoms with Crippen molar-refractivity contribution in [2.45, 2.75) is 6.42 Å². The summed E-state index contributed by atoms with van der Waals surface area (Å²) in [5.41, 5.74) is 1.04. The summed E-state index contributed by atoms with van der Waals surface area (Å²) in [6, 6.07) is 8.37. The minimum Gasteiger partial charge on any atom is -0.273 e. The van der Waals surface area contributed by atoms with Crippen molar-refractivity contribution in [1.82, 2.24) is 0 Å². The lowest BCUT2D eigenvalue weighted by Crippen LogP contribution is -2.29. The van der Waals surface area contributed by atoms with Crippen LogP contribution in [0, 0.1) is 11.3 Å². The second-order valence-electron chi connectivity index (χ2n) is 3.48. The number of halogens is 1. The van der Waals surface area contributed by atoms with Gasteiger partial charge in [-0.15, -0.1) is 11.6 Å². The van der Waals surface area contributed by atoms with E-state index >= 15 is 0 Å². The first kappa shape index (κ1) is 13.8. The molecule has 4 nitrogen and oxygen atoms in total. The zero-order valence-corrected chi connectivity index (χ0v) is 11.0. The van der Waals surface area contributed by atoms with Gasteiger partial charge in [-0.05, 0) is 30.7 Å². The number of hydrogen-bond donors (Lipinski definition) is 0. The van der Waals surface area contributed by atoms with Crippen LogP contribution >= 0.6 is 11.6 Å². The largest absolute Gasteiger partial charge is 0.273 e. The Bertz CT molecular complexity index is 505. The second-order valence-corrected chi connectivity index (χ2v) is 5.98. The van der Waals surface area contributed by atoms with E-state index in [2.05, 4.69) is 0 Å². The van der Waals surface area contributed by atoms with Crippen molar-refractivity contribution in [3.8, 4) is 6.07 Å². The third-order valence-electron chi connectivity index (χ3n) is 2.31. The van der Waals surface area contributed by atoms with Crippen LogP contribution in [0.3, 0.4) is 0 Å². The van der Waals surface area contributed by atoms with Gasteiger partial charge >= 0.3 is 0 Å². The number of alkyl halides is 1. The third-order valence-corrected chi connectivity index (χ3v) is 4.43. The minimum absolute atomic E-state index is 0.0208. The molecule has 0 unspecified atom stereocenters. The Morgan fingerprint density at radius 1 is 1.35 bits per heavy atom. The van der Waals surface area contributed by atoms with Crippen LogP contribution in [-0.4, -0.2) is 27.1 Å². The first-order valence-electron chi connectivity index (χ1n) is 5.04. The molecule has 1 rings (SSSR count). The third kappa shape index (κ3) is 3.62. The van der Waals surface area contributed by atoms with Crippen LogP contribution in [0.1, 0.15) is 12.0 Å². The molecule has 0 spiro atoms. The average Bonchev–Trinajstić information content (AvgIpc) is 2.35. The number of benzene rings is 1. The molecule has 0 bridgehead atoms. The summed E-state index contributed by atoms with van der Waals surface area (Å²) in [5, 5.41) is 8.65. The highest BCUT2D eigenvalue weighted by atomic mass is 35.5. The van der Waals surface area contributed by atoms with Crippen molar-refractivity contribution in [1.29, 1.82) is 5.26 Å². The van der Waals surface area contributed by atoms with Gasteiger partial charge < -0.3 is 0 Å². The Labute approximate surface area is 106 Å². The van der Waals surface area contributed by atoms with E-state index < -0.39 is 10.0 Å². The van der Waals surface area contributed by atoms with Crippen molar-refractivity contribution in [2.75, 3.05) is 23.0 Å². The molecule has 92 valence electrons. The van der Waals surface area contributed by atoms with Crippen LogP contribution in [0.25, 0.3) is 0 Å². The molecule has 1 aromatic carbocycles. The first-order valence-corrected chi connectivity index (χ1v) is 7.18. The molecule has 0 aliphatic rings. The van der Waals surface area contributed by atoms with E-state index in [1.165, 1.54) is 11.4 Å². The Morgan fingerprint density at radius 3 is 2.41 bits per heavy atom. The molecule has 0 amide bonds. The van der Waals surface area contributed by atoms with Gasteiger partial charge in [0.2, 0.25) is 10.0 Å². The van der Waals surface area contributed by atoms with Gasteiger partial charge in [0, 0.05) is 12.9 Å². The lowest BCUT2D eigenvalue weighted by molar-refractivity contribution is 0.593. The van der Waals surface area contributed by atoms with Crippen LogP contribution in [-0.2, 0) is 10.0 Å². The fraction of sp³-hybridized carbons (Fsp3) is 0.364. The van der Waals surface area contributed by atoms with Crippen LogP contribution < -0.4 is 4.31 Å². The van der Waals surface area contributed by atoms with Crippen LogP contribution in [0.15, 0.2) is 24.3 Å². The Balaban J connectivity index is 2.88. The van der Waals surface area contributed by atoms with Gasteiger partial charge in [0.05, 0.1) is 23.1 Å². The summed E-state index contributed by atoms with van der Waals surface area (Å²) in [5.74, 6) is 0.341. The molecule has 0 saturated carbocycles. The van der Waals surface area contributed by atoms with Crippen molar-refractivity contribution >= 4 is 27.3 Å². The molecule has 6 heteroatoms. The Morgan fingerprint density at radius 2 is 1.94 bits per heavy atom. The first-order chi connectivity index (χ1) is 8.01. The molecule has 0 N–H and O–H groups in total. The molecule has 0 aliphatic heterocycles. The lowest BCUT2D eigenvalue weighted by Gasteiger charge is -2.19. The summed E-state index contributed by atoms with van der Waals surface area (Å²) in [6.45, 7) is 0. The summed E-state index contributed by atoms with van der Waals surface area (Å²) in [4.78, 5) is 0. The average molecular weight is 273 g/mol. The van der Waals surface area contributed by atoms with Gasteiger partial charge in [-0.1, -0.05) is 0 Å². The lowest BCUT2D eigenvalue weighted by atomic mass is 10.2. The minimum atomic E-state index is -3.33. The molecule has 0 aromatic heterocycles. The van der Waals surface area contributed by atoms with Crippen molar-refractivity contribution in [2.24, 2.45) is 0 Å². The topological polar surface area (TPSA) is 61.2 Å². The van der Waals surface area contributed by atoms with E-state index in [-0.39, 0.29) is 5.75 Å². The molecule has 0 heterocycles. The second kappa shape index (κ2) is 5.89. The number of nitrogens with zero attached hydrogens (tertiary/aromatic N) is 2. The van der Waals surface area contributed by atoms with Crippen LogP contribution in [0.5, 0.6) is 0 Å². The zero-order valence-electron chi connectivity index (χ0n) is 9.43. The fourth-order valence-corrected chi connectivity index (χ4v) is 2.80. The molecule has 0 fully saturated rings. The van der Waals surface area contributed by atoms with Gasteiger partial charge in [0.15, 0.2) is 0 Å². The van der Waals surface area contributed by atoms with E-state index in [4.69, 9.17) is 16.9 Å². The van der Waals surface area contributed by atoms with Crippen LogP contribution in [0.2, 0.25) is 0 Å².